The summed E-state index contributed by atoms with van der Waals surface area (Å²) >= 11 is 12.3. The van der Waals surface area contributed by atoms with E-state index in [9.17, 15) is 14.9 Å². The Balaban J connectivity index is 1.25. The number of piperidine rings is 1. The van der Waals surface area contributed by atoms with Gasteiger partial charge in [-0.05, 0) is 37.1 Å². The Labute approximate surface area is 220 Å². The van der Waals surface area contributed by atoms with Gasteiger partial charge in [-0.2, -0.15) is 5.10 Å². The van der Waals surface area contributed by atoms with Crippen LogP contribution in [-0.4, -0.2) is 54.7 Å². The maximum absolute atomic E-state index is 12.8. The highest BCUT2D eigenvalue weighted by Crippen LogP contribution is 2.29. The molecule has 4 heterocycles. The van der Waals surface area contributed by atoms with Crippen molar-refractivity contribution in [3.63, 3.8) is 0 Å². The summed E-state index contributed by atoms with van der Waals surface area (Å²) in [5.74, 6) is -0.365. The van der Waals surface area contributed by atoms with Gasteiger partial charge in [0.25, 0.3) is 0 Å². The van der Waals surface area contributed by atoms with Crippen molar-refractivity contribution in [2.45, 2.75) is 18.9 Å². The Morgan fingerprint density at radius 2 is 2.08 bits per heavy atom. The van der Waals surface area contributed by atoms with Crippen molar-refractivity contribution in [2.24, 2.45) is 0 Å². The number of nitrogens with two attached hydrogens (primary N) is 1. The Morgan fingerprint density at radius 3 is 2.84 bits per heavy atom. The van der Waals surface area contributed by atoms with Crippen LogP contribution in [0, 0.1) is 10.1 Å². The van der Waals surface area contributed by atoms with Crippen molar-refractivity contribution >= 4 is 52.0 Å². The van der Waals surface area contributed by atoms with Gasteiger partial charge in [0.15, 0.2) is 5.69 Å². The number of hydrogen-bond donors (Lipinski definition) is 2. The van der Waals surface area contributed by atoms with Crippen molar-refractivity contribution in [2.75, 3.05) is 24.1 Å². The fraction of sp³-hybridized carbons (Fsp3) is 0.217. The minimum atomic E-state index is -0.604. The molecule has 190 valence electrons. The highest BCUT2D eigenvalue weighted by Gasteiger charge is 2.25. The summed E-state index contributed by atoms with van der Waals surface area (Å²) in [6.07, 6.45) is 4.81. The number of aromatic nitrogens is 4. The number of rotatable bonds is 6. The molecule has 1 fully saturated rings. The number of hydroxylamine groups is 2. The van der Waals surface area contributed by atoms with E-state index >= 15 is 0 Å². The molecule has 1 saturated heterocycles. The average molecular weight is 543 g/mol. The predicted octanol–water partition coefficient (Wildman–Crippen LogP) is 4.24. The van der Waals surface area contributed by atoms with Crippen LogP contribution in [0.3, 0.4) is 0 Å². The molecular weight excluding hydrogens is 523 g/mol. The SMILES string of the molecule is Nc1nc(NC2CCCN(OC(=O)c3cc4cnc(-c5ccc(Cl)cc5Cl)cn4n3)C2)ccc1[N+](=O)[O-]. The van der Waals surface area contributed by atoms with Gasteiger partial charge in [0, 0.05) is 35.3 Å². The molecule has 4 aromatic rings. The molecule has 0 bridgehead atoms. The van der Waals surface area contributed by atoms with Crippen molar-refractivity contribution < 1.29 is 14.6 Å². The molecule has 1 aliphatic rings. The second kappa shape index (κ2) is 10.2. The molecule has 0 saturated carbocycles. The quantitative estimate of drug-likeness (QED) is 0.267. The molecule has 3 N–H and O–H groups in total. The lowest BCUT2D eigenvalue weighted by Crippen LogP contribution is -2.43. The van der Waals surface area contributed by atoms with Gasteiger partial charge in [0.1, 0.15) is 5.82 Å². The number of hydrogen-bond acceptors (Lipinski definition) is 10. The van der Waals surface area contributed by atoms with Gasteiger partial charge >= 0.3 is 11.7 Å². The first kappa shape index (κ1) is 24.7. The molecule has 0 amide bonds. The second-order valence-corrected chi connectivity index (χ2v) is 9.25. The van der Waals surface area contributed by atoms with Crippen LogP contribution in [0.15, 0.2) is 48.8 Å². The molecule has 12 nitrogen and oxygen atoms in total. The Morgan fingerprint density at radius 1 is 1.24 bits per heavy atom. The number of fused-ring (bicyclic) bond motifs is 1. The highest BCUT2D eigenvalue weighted by molar-refractivity contribution is 6.36. The van der Waals surface area contributed by atoms with Crippen molar-refractivity contribution in [3.05, 3.63) is 74.6 Å². The van der Waals surface area contributed by atoms with E-state index in [0.717, 1.165) is 12.8 Å². The summed E-state index contributed by atoms with van der Waals surface area (Å²) in [5, 5.41) is 21.0. The van der Waals surface area contributed by atoms with E-state index in [-0.39, 0.29) is 23.2 Å². The molecule has 0 aliphatic carbocycles. The lowest BCUT2D eigenvalue weighted by atomic mass is 10.1. The molecule has 1 unspecified atom stereocenters. The lowest BCUT2D eigenvalue weighted by Gasteiger charge is -2.31. The zero-order valence-electron chi connectivity index (χ0n) is 19.2. The van der Waals surface area contributed by atoms with Crippen molar-refractivity contribution in [1.29, 1.82) is 0 Å². The minimum Gasteiger partial charge on any atom is -0.378 e. The molecule has 0 spiro atoms. The van der Waals surface area contributed by atoms with Crippen LogP contribution in [0.25, 0.3) is 16.8 Å². The Bertz CT molecular complexity index is 1510. The van der Waals surface area contributed by atoms with Crippen LogP contribution in [0.1, 0.15) is 23.3 Å². The van der Waals surface area contributed by atoms with Crippen LogP contribution in [0.2, 0.25) is 10.0 Å². The molecule has 3 aromatic heterocycles. The summed E-state index contributed by atoms with van der Waals surface area (Å²) in [6.45, 7) is 0.937. The summed E-state index contributed by atoms with van der Waals surface area (Å²) in [7, 11) is 0. The third-order valence-electron chi connectivity index (χ3n) is 5.81. The fourth-order valence-corrected chi connectivity index (χ4v) is 4.55. The number of nitrogens with one attached hydrogen (secondary N) is 1. The molecule has 1 aromatic carbocycles. The van der Waals surface area contributed by atoms with Gasteiger partial charge in [-0.25, -0.2) is 14.3 Å². The smallest absolute Gasteiger partial charge is 0.377 e. The van der Waals surface area contributed by atoms with E-state index in [0.29, 0.717) is 45.7 Å². The van der Waals surface area contributed by atoms with Crippen molar-refractivity contribution in [3.8, 4) is 11.3 Å². The molecule has 5 rings (SSSR count). The van der Waals surface area contributed by atoms with Gasteiger partial charge in [0.05, 0.1) is 40.1 Å². The van der Waals surface area contributed by atoms with E-state index in [1.54, 1.807) is 41.7 Å². The van der Waals surface area contributed by atoms with Crippen LogP contribution < -0.4 is 11.1 Å². The number of halogens is 2. The monoisotopic (exact) mass is 542 g/mol. The van der Waals surface area contributed by atoms with E-state index < -0.39 is 10.9 Å². The number of nitrogen functional groups attached to an aromatic ring is 1. The molecule has 37 heavy (non-hydrogen) atoms. The van der Waals surface area contributed by atoms with E-state index in [1.807, 2.05) is 0 Å². The predicted molar refractivity (Wildman–Crippen MR) is 137 cm³/mol. The number of nitro groups is 1. The summed E-state index contributed by atoms with van der Waals surface area (Å²) in [6, 6.07) is 9.39. The van der Waals surface area contributed by atoms with Crippen LogP contribution >= 0.6 is 23.2 Å². The van der Waals surface area contributed by atoms with Gasteiger partial charge in [-0.3, -0.25) is 15.1 Å². The normalized spacial score (nSPS) is 16.0. The minimum absolute atomic E-state index is 0.105. The maximum atomic E-state index is 12.8. The standard InChI is InChI=1S/C23H20Cl2N8O4/c24-13-3-4-16(17(25)8-13)19-12-32-15(10-27-19)9-18(30-32)23(34)37-31-7-1-2-14(11-31)28-21-6-5-20(33(35)36)22(26)29-21/h3-6,8-10,12,14H,1-2,7,11H2,(H3,26,28,29). The summed E-state index contributed by atoms with van der Waals surface area (Å²) < 4.78 is 1.54. The Kier molecular flexibility index (Phi) is 6.78. The third-order valence-corrected chi connectivity index (χ3v) is 6.36. The first-order valence-corrected chi connectivity index (χ1v) is 12.0. The van der Waals surface area contributed by atoms with Crippen LogP contribution in [0.5, 0.6) is 0 Å². The molecular formula is C23H20Cl2N8O4. The van der Waals surface area contributed by atoms with Gasteiger partial charge in [0.2, 0.25) is 5.82 Å². The molecule has 0 radical (unpaired) electrons. The second-order valence-electron chi connectivity index (χ2n) is 8.40. The topological polar surface area (TPSA) is 154 Å². The van der Waals surface area contributed by atoms with Gasteiger partial charge in [-0.1, -0.05) is 23.2 Å². The highest BCUT2D eigenvalue weighted by atomic mass is 35.5. The number of carbonyl (C=O) groups is 1. The molecule has 14 heteroatoms. The number of benzene rings is 1. The Hall–Kier alpha value is -4.00. The molecule has 1 atom stereocenters. The van der Waals surface area contributed by atoms with Crippen LogP contribution in [-0.2, 0) is 4.84 Å². The summed E-state index contributed by atoms with van der Waals surface area (Å²) in [5.41, 5.74) is 7.41. The zero-order chi connectivity index (χ0) is 26.1. The van der Waals surface area contributed by atoms with Gasteiger partial charge < -0.3 is 15.9 Å². The van der Waals surface area contributed by atoms with E-state index in [2.05, 4.69) is 20.4 Å². The maximum Gasteiger partial charge on any atom is 0.377 e. The largest absolute Gasteiger partial charge is 0.378 e. The van der Waals surface area contributed by atoms with Crippen molar-refractivity contribution in [1.82, 2.24) is 24.6 Å². The average Bonchev–Trinajstić information content (AvgIpc) is 3.28. The first-order chi connectivity index (χ1) is 17.8. The number of nitrogens with zero attached hydrogens (tertiary/aromatic N) is 6. The van der Waals surface area contributed by atoms with E-state index in [4.69, 9.17) is 33.8 Å². The number of pyridine rings is 1. The summed E-state index contributed by atoms with van der Waals surface area (Å²) in [4.78, 5) is 37.2. The zero-order valence-corrected chi connectivity index (χ0v) is 20.7. The third kappa shape index (κ3) is 5.40. The lowest BCUT2D eigenvalue weighted by molar-refractivity contribution is -0.384. The van der Waals surface area contributed by atoms with E-state index in [1.165, 1.54) is 16.6 Å². The number of carbonyl (C=O) groups excluding carboxylic acids is 1. The van der Waals surface area contributed by atoms with Gasteiger partial charge in [-0.15, -0.1) is 5.06 Å². The van der Waals surface area contributed by atoms with Crippen LogP contribution in [0.4, 0.5) is 17.3 Å². The first-order valence-electron chi connectivity index (χ1n) is 11.2. The number of anilines is 2. The molecule has 1 aliphatic heterocycles. The fourth-order valence-electron chi connectivity index (χ4n) is 4.05.